The molecule has 28 heavy (non-hydrogen) atoms. The average molecular weight is 427 g/mol. The van der Waals surface area contributed by atoms with Gasteiger partial charge < -0.3 is 14.5 Å². The number of carbonyl (C=O) groups is 2. The number of hydrogen-bond acceptors (Lipinski definition) is 4. The molecule has 1 saturated heterocycles. The molecule has 0 bridgehead atoms. The molecule has 0 radical (unpaired) electrons. The number of ether oxygens (including phenoxy) is 1. The molecule has 1 aromatic carbocycles. The molecule has 0 N–H and O–H groups in total. The Bertz CT molecular complexity index is 653. The Balaban J connectivity index is 1.68. The fraction of sp³-hybridized carbons (Fsp3) is 0.619. The first-order valence-electron chi connectivity index (χ1n) is 9.77. The van der Waals surface area contributed by atoms with Crippen molar-refractivity contribution in [3.8, 4) is 0 Å². The number of piperidine rings is 1. The highest BCUT2D eigenvalue weighted by Crippen LogP contribution is 2.22. The molecule has 1 aliphatic heterocycles. The molecule has 0 aliphatic carbocycles. The Hall–Kier alpha value is -1.40. The van der Waals surface area contributed by atoms with Gasteiger partial charge in [-0.15, -0.1) is 11.8 Å². The van der Waals surface area contributed by atoms with Crippen LogP contribution in [0.3, 0.4) is 0 Å². The Morgan fingerprint density at radius 3 is 2.39 bits per heavy atom. The van der Waals surface area contributed by atoms with Crippen molar-refractivity contribution >= 4 is 35.4 Å². The quantitative estimate of drug-likeness (QED) is 0.470. The van der Waals surface area contributed by atoms with Crippen molar-refractivity contribution in [1.82, 2.24) is 9.80 Å². The van der Waals surface area contributed by atoms with Crippen LogP contribution in [0.4, 0.5) is 4.79 Å². The van der Waals surface area contributed by atoms with Crippen LogP contribution in [-0.2, 0) is 9.53 Å². The standard InChI is InChI=1S/C21H31ClN2O3S/c1-21(2,3)27-20(26)24-13-11-17(12-14-24)23(4)19(25)6-5-15-28-18-9-7-16(22)8-10-18/h7-10,17H,5-6,11-15H2,1-4H3. The van der Waals surface area contributed by atoms with Crippen LogP contribution in [0.2, 0.25) is 5.02 Å². The molecule has 0 atom stereocenters. The van der Waals surface area contributed by atoms with Crippen molar-refractivity contribution < 1.29 is 14.3 Å². The fourth-order valence-electron chi connectivity index (χ4n) is 3.09. The predicted molar refractivity (Wildman–Crippen MR) is 115 cm³/mol. The SMILES string of the molecule is CN(C(=O)CCCSc1ccc(Cl)cc1)C1CCN(C(=O)OC(C)(C)C)CC1. The molecule has 0 saturated carbocycles. The zero-order valence-electron chi connectivity index (χ0n) is 17.2. The summed E-state index contributed by atoms with van der Waals surface area (Å²) in [4.78, 5) is 29.4. The van der Waals surface area contributed by atoms with Crippen LogP contribution in [0.25, 0.3) is 0 Å². The maximum absolute atomic E-state index is 12.5. The van der Waals surface area contributed by atoms with Gasteiger partial charge >= 0.3 is 6.09 Å². The van der Waals surface area contributed by atoms with E-state index >= 15 is 0 Å². The zero-order chi connectivity index (χ0) is 20.7. The van der Waals surface area contributed by atoms with Gasteiger partial charge in [-0.3, -0.25) is 4.79 Å². The van der Waals surface area contributed by atoms with E-state index in [0.29, 0.717) is 19.5 Å². The van der Waals surface area contributed by atoms with E-state index in [0.717, 1.165) is 30.0 Å². The van der Waals surface area contributed by atoms with Crippen LogP contribution in [0, 0.1) is 0 Å². The van der Waals surface area contributed by atoms with Crippen LogP contribution in [0.15, 0.2) is 29.2 Å². The third kappa shape index (κ3) is 7.55. The number of carbonyl (C=O) groups excluding carboxylic acids is 2. The monoisotopic (exact) mass is 426 g/mol. The van der Waals surface area contributed by atoms with Crippen molar-refractivity contribution in [3.63, 3.8) is 0 Å². The fourth-order valence-corrected chi connectivity index (χ4v) is 4.07. The van der Waals surface area contributed by atoms with Gasteiger partial charge in [-0.25, -0.2) is 4.79 Å². The number of nitrogens with zero attached hydrogens (tertiary/aromatic N) is 2. The molecule has 0 unspecified atom stereocenters. The molecule has 0 aromatic heterocycles. The lowest BCUT2D eigenvalue weighted by molar-refractivity contribution is -0.132. The minimum absolute atomic E-state index is 0.174. The van der Waals surface area contributed by atoms with Crippen LogP contribution >= 0.6 is 23.4 Å². The lowest BCUT2D eigenvalue weighted by Crippen LogP contribution is -2.48. The molecule has 1 fully saturated rings. The summed E-state index contributed by atoms with van der Waals surface area (Å²) in [5, 5.41) is 0.735. The van der Waals surface area contributed by atoms with E-state index < -0.39 is 5.60 Å². The second-order valence-electron chi connectivity index (χ2n) is 8.11. The van der Waals surface area contributed by atoms with E-state index in [4.69, 9.17) is 16.3 Å². The van der Waals surface area contributed by atoms with E-state index in [-0.39, 0.29) is 18.0 Å². The Morgan fingerprint density at radius 2 is 1.82 bits per heavy atom. The summed E-state index contributed by atoms with van der Waals surface area (Å²) in [6, 6.07) is 7.95. The molecule has 1 aliphatic rings. The molecule has 5 nitrogen and oxygen atoms in total. The first kappa shape index (κ1) is 22.9. The Kier molecular flexibility index (Phi) is 8.50. The van der Waals surface area contributed by atoms with Gasteiger partial charge in [-0.1, -0.05) is 11.6 Å². The number of hydrogen-bond donors (Lipinski definition) is 0. The summed E-state index contributed by atoms with van der Waals surface area (Å²) in [7, 11) is 1.88. The van der Waals surface area contributed by atoms with Gasteiger partial charge in [-0.2, -0.15) is 0 Å². The molecule has 1 aromatic rings. The molecule has 0 spiro atoms. The van der Waals surface area contributed by atoms with Gasteiger partial charge in [0.25, 0.3) is 0 Å². The lowest BCUT2D eigenvalue weighted by Gasteiger charge is -2.37. The predicted octanol–water partition coefficient (Wildman–Crippen LogP) is 5.07. The minimum atomic E-state index is -0.481. The summed E-state index contributed by atoms with van der Waals surface area (Å²) in [5.41, 5.74) is -0.481. The van der Waals surface area contributed by atoms with Gasteiger partial charge in [0, 0.05) is 42.5 Å². The summed E-state index contributed by atoms with van der Waals surface area (Å²) < 4.78 is 5.43. The number of likely N-dealkylation sites (tertiary alicyclic amines) is 1. The third-order valence-electron chi connectivity index (χ3n) is 4.67. The van der Waals surface area contributed by atoms with Gasteiger partial charge in [-0.05, 0) is 70.1 Å². The Labute approximate surface area is 177 Å². The second kappa shape index (κ2) is 10.4. The molecule has 1 heterocycles. The zero-order valence-corrected chi connectivity index (χ0v) is 18.8. The molecule has 2 amide bonds. The van der Waals surface area contributed by atoms with Crippen molar-refractivity contribution in [2.24, 2.45) is 0 Å². The first-order chi connectivity index (χ1) is 13.2. The van der Waals surface area contributed by atoms with Gasteiger partial charge in [0.15, 0.2) is 0 Å². The highest BCUT2D eigenvalue weighted by Gasteiger charge is 2.29. The van der Waals surface area contributed by atoms with Crippen LogP contribution < -0.4 is 0 Å². The first-order valence-corrected chi connectivity index (χ1v) is 11.1. The summed E-state index contributed by atoms with van der Waals surface area (Å²) >= 11 is 7.63. The Morgan fingerprint density at radius 1 is 1.21 bits per heavy atom. The number of rotatable bonds is 6. The number of halogens is 1. The minimum Gasteiger partial charge on any atom is -0.444 e. The van der Waals surface area contributed by atoms with Crippen LogP contribution in [0.1, 0.15) is 46.5 Å². The van der Waals surface area contributed by atoms with Gasteiger partial charge in [0.2, 0.25) is 5.91 Å². The van der Waals surface area contributed by atoms with E-state index in [9.17, 15) is 9.59 Å². The largest absolute Gasteiger partial charge is 0.444 e. The van der Waals surface area contributed by atoms with Crippen molar-refractivity contribution in [2.45, 2.75) is 63.0 Å². The van der Waals surface area contributed by atoms with Crippen molar-refractivity contribution in [1.29, 1.82) is 0 Å². The van der Waals surface area contributed by atoms with Crippen molar-refractivity contribution in [2.75, 3.05) is 25.9 Å². The number of thioether (sulfide) groups is 1. The maximum Gasteiger partial charge on any atom is 0.410 e. The molecule has 156 valence electrons. The molecular weight excluding hydrogens is 396 g/mol. The summed E-state index contributed by atoms with van der Waals surface area (Å²) in [5.74, 6) is 1.07. The summed E-state index contributed by atoms with van der Waals surface area (Å²) in [6.07, 6.45) is 2.71. The average Bonchev–Trinajstić information content (AvgIpc) is 2.64. The van der Waals surface area contributed by atoms with E-state index in [1.165, 1.54) is 4.90 Å². The number of benzene rings is 1. The lowest BCUT2D eigenvalue weighted by atomic mass is 10.0. The molecular formula is C21H31ClN2O3S. The maximum atomic E-state index is 12.5. The smallest absolute Gasteiger partial charge is 0.410 e. The highest BCUT2D eigenvalue weighted by molar-refractivity contribution is 7.99. The normalized spacial score (nSPS) is 15.4. The van der Waals surface area contributed by atoms with Gasteiger partial charge in [0.05, 0.1) is 0 Å². The topological polar surface area (TPSA) is 49.9 Å². The molecule has 7 heteroatoms. The third-order valence-corrected chi connectivity index (χ3v) is 6.02. The van der Waals surface area contributed by atoms with Crippen LogP contribution in [-0.4, -0.2) is 59.3 Å². The van der Waals surface area contributed by atoms with Crippen molar-refractivity contribution in [3.05, 3.63) is 29.3 Å². The summed E-state index contributed by atoms with van der Waals surface area (Å²) in [6.45, 7) is 6.87. The van der Waals surface area contributed by atoms with Gasteiger partial charge in [0.1, 0.15) is 5.60 Å². The highest BCUT2D eigenvalue weighted by atomic mass is 35.5. The van der Waals surface area contributed by atoms with E-state index in [1.54, 1.807) is 16.7 Å². The van der Waals surface area contributed by atoms with Crippen LogP contribution in [0.5, 0.6) is 0 Å². The van der Waals surface area contributed by atoms with E-state index in [2.05, 4.69) is 0 Å². The second-order valence-corrected chi connectivity index (χ2v) is 9.71. The van der Waals surface area contributed by atoms with E-state index in [1.807, 2.05) is 57.0 Å². The number of amides is 2. The molecule has 2 rings (SSSR count).